The van der Waals surface area contributed by atoms with Crippen LogP contribution in [0, 0.1) is 35.5 Å². The Hall–Kier alpha value is -1.84. The van der Waals surface area contributed by atoms with Crippen molar-refractivity contribution in [1.82, 2.24) is 0 Å². The van der Waals surface area contributed by atoms with Gasteiger partial charge in [0.05, 0.1) is 0 Å². The highest BCUT2D eigenvalue weighted by atomic mass is 13.6. The van der Waals surface area contributed by atoms with Crippen molar-refractivity contribution >= 4 is 0 Å². The normalized spacial score (nSPS) is 6.27. The quantitative estimate of drug-likeness (QED) is 0.450. The van der Waals surface area contributed by atoms with Gasteiger partial charge in [0.1, 0.15) is 0 Å². The van der Waals surface area contributed by atoms with Gasteiger partial charge in [-0.25, -0.2) is 0 Å². The van der Waals surface area contributed by atoms with Crippen LogP contribution in [0.5, 0.6) is 0 Å². The molecule has 0 rings (SSSR count). The van der Waals surface area contributed by atoms with Crippen LogP contribution in [0.4, 0.5) is 0 Å². The minimum Gasteiger partial charge on any atom is -0.0906 e. The van der Waals surface area contributed by atoms with Gasteiger partial charge in [-0.2, -0.15) is 0 Å². The van der Waals surface area contributed by atoms with Gasteiger partial charge >= 0.3 is 0 Å². The van der Waals surface area contributed by atoms with Crippen molar-refractivity contribution in [2.24, 2.45) is 0 Å². The van der Waals surface area contributed by atoms with E-state index < -0.39 is 0 Å². The molecule has 11 heavy (non-hydrogen) atoms. The van der Waals surface area contributed by atoms with Crippen LogP contribution in [0.2, 0.25) is 0 Å². The van der Waals surface area contributed by atoms with Crippen molar-refractivity contribution < 1.29 is 0 Å². The zero-order valence-electron chi connectivity index (χ0n) is 6.44. The van der Waals surface area contributed by atoms with Gasteiger partial charge < -0.3 is 0 Å². The molecule has 0 aromatic rings. The summed E-state index contributed by atoms with van der Waals surface area (Å²) in [6.45, 7) is 5.32. The first-order valence-corrected chi connectivity index (χ1v) is 3.15. The number of hydrogen-bond donors (Lipinski definition) is 0. The van der Waals surface area contributed by atoms with E-state index in [1.807, 2.05) is 13.0 Å². The van der Waals surface area contributed by atoms with Crippen LogP contribution in [0.1, 0.15) is 6.92 Å². The first-order valence-electron chi connectivity index (χ1n) is 3.15. The van der Waals surface area contributed by atoms with Crippen LogP contribution in [-0.2, 0) is 0 Å². The van der Waals surface area contributed by atoms with Gasteiger partial charge in [0.15, 0.2) is 0 Å². The molecule has 0 aliphatic carbocycles. The second kappa shape index (κ2) is 8.16. The minimum atomic E-state index is 1.49. The lowest BCUT2D eigenvalue weighted by atomic mass is 10.5. The standard InChI is InChI=1S/C11H8/c1-3-5-7-9-11-10-8-6-4-2/h3-4,6H,1H2,2H3. The maximum atomic E-state index is 3.42. The monoisotopic (exact) mass is 140 g/mol. The van der Waals surface area contributed by atoms with Gasteiger partial charge in [-0.3, -0.25) is 0 Å². The number of allylic oxidation sites excluding steroid dienone is 3. The summed E-state index contributed by atoms with van der Waals surface area (Å²) in [5.41, 5.74) is 0. The SMILES string of the molecule is C=CC#CC#CC#CC=CC. The highest BCUT2D eigenvalue weighted by molar-refractivity contribution is 5.38. The van der Waals surface area contributed by atoms with Gasteiger partial charge in [0.2, 0.25) is 0 Å². The smallest absolute Gasteiger partial charge is 0.000697 e. The Kier molecular flexibility index (Phi) is 6.80. The molecular formula is C11H8. The van der Waals surface area contributed by atoms with Gasteiger partial charge in [-0.15, -0.1) is 0 Å². The van der Waals surface area contributed by atoms with E-state index in [0.29, 0.717) is 0 Å². The molecule has 0 aliphatic rings. The molecule has 0 aromatic heterocycles. The van der Waals surface area contributed by atoms with E-state index in [1.54, 1.807) is 6.08 Å². The molecule has 0 N–H and O–H groups in total. The molecule has 0 bridgehead atoms. The van der Waals surface area contributed by atoms with Gasteiger partial charge in [0.25, 0.3) is 0 Å². The summed E-state index contributed by atoms with van der Waals surface area (Å²) in [6.07, 6.45) is 5.08. The van der Waals surface area contributed by atoms with Crippen LogP contribution in [-0.4, -0.2) is 0 Å². The first-order chi connectivity index (χ1) is 5.41. The van der Waals surface area contributed by atoms with Crippen LogP contribution < -0.4 is 0 Å². The lowest BCUT2D eigenvalue weighted by Gasteiger charge is -1.58. The summed E-state index contributed by atoms with van der Waals surface area (Å²) in [6, 6.07) is 0. The third kappa shape index (κ3) is 8.16. The lowest BCUT2D eigenvalue weighted by Crippen LogP contribution is -1.52. The average molecular weight is 140 g/mol. The summed E-state index contributed by atoms with van der Waals surface area (Å²) >= 11 is 0. The highest BCUT2D eigenvalue weighted by Crippen LogP contribution is 1.63. The van der Waals surface area contributed by atoms with E-state index >= 15 is 0 Å². The van der Waals surface area contributed by atoms with E-state index in [9.17, 15) is 0 Å². The van der Waals surface area contributed by atoms with Gasteiger partial charge in [-0.05, 0) is 42.8 Å². The van der Waals surface area contributed by atoms with Crippen molar-refractivity contribution in [3.05, 3.63) is 24.8 Å². The Bertz CT molecular complexity index is 310. The molecule has 0 spiro atoms. The van der Waals surface area contributed by atoms with Crippen molar-refractivity contribution in [3.8, 4) is 35.5 Å². The zero-order valence-corrected chi connectivity index (χ0v) is 6.44. The summed E-state index contributed by atoms with van der Waals surface area (Å²) < 4.78 is 0. The number of hydrogen-bond acceptors (Lipinski definition) is 0. The van der Waals surface area contributed by atoms with E-state index in [4.69, 9.17) is 0 Å². The van der Waals surface area contributed by atoms with Crippen molar-refractivity contribution in [2.75, 3.05) is 0 Å². The third-order valence-corrected chi connectivity index (χ3v) is 0.684. The van der Waals surface area contributed by atoms with E-state index in [1.165, 1.54) is 6.08 Å². The molecule has 0 fully saturated rings. The van der Waals surface area contributed by atoms with Crippen molar-refractivity contribution in [3.63, 3.8) is 0 Å². The van der Waals surface area contributed by atoms with Crippen LogP contribution in [0.15, 0.2) is 24.8 Å². The summed E-state index contributed by atoms with van der Waals surface area (Å²) in [5, 5.41) is 0. The van der Waals surface area contributed by atoms with Crippen molar-refractivity contribution in [1.29, 1.82) is 0 Å². The third-order valence-electron chi connectivity index (χ3n) is 0.684. The molecular weight excluding hydrogens is 132 g/mol. The fourth-order valence-electron chi connectivity index (χ4n) is 0.311. The predicted molar refractivity (Wildman–Crippen MR) is 48.3 cm³/mol. The van der Waals surface area contributed by atoms with E-state index in [2.05, 4.69) is 42.1 Å². The van der Waals surface area contributed by atoms with E-state index in [0.717, 1.165) is 0 Å². The number of rotatable bonds is 0. The van der Waals surface area contributed by atoms with Crippen LogP contribution in [0.3, 0.4) is 0 Å². The molecule has 0 nitrogen and oxygen atoms in total. The lowest BCUT2D eigenvalue weighted by molar-refractivity contribution is 1.76. The maximum absolute atomic E-state index is 3.42. The molecule has 0 saturated carbocycles. The molecule has 0 atom stereocenters. The predicted octanol–water partition coefficient (Wildman–Crippen LogP) is 1.76. The molecule has 0 unspecified atom stereocenters. The first kappa shape index (κ1) is 9.16. The van der Waals surface area contributed by atoms with E-state index in [-0.39, 0.29) is 0 Å². The Morgan fingerprint density at radius 2 is 1.64 bits per heavy atom. The molecule has 0 heterocycles. The Morgan fingerprint density at radius 1 is 1.00 bits per heavy atom. The fourth-order valence-corrected chi connectivity index (χ4v) is 0.311. The maximum Gasteiger partial charge on any atom is -0.000697 e. The average Bonchev–Trinajstić information content (AvgIpc) is 2.03. The molecule has 0 heteroatoms. The second-order valence-electron chi connectivity index (χ2n) is 1.49. The Balaban J connectivity index is 3.93. The molecule has 0 amide bonds. The summed E-state index contributed by atoms with van der Waals surface area (Å²) in [4.78, 5) is 0. The molecule has 0 aromatic carbocycles. The molecule has 0 radical (unpaired) electrons. The van der Waals surface area contributed by atoms with Crippen LogP contribution in [0.25, 0.3) is 0 Å². The fraction of sp³-hybridized carbons (Fsp3) is 0.0909. The van der Waals surface area contributed by atoms with Crippen LogP contribution >= 0.6 is 0 Å². The highest BCUT2D eigenvalue weighted by Gasteiger charge is 1.54. The van der Waals surface area contributed by atoms with Gasteiger partial charge in [0, 0.05) is 0 Å². The topological polar surface area (TPSA) is 0 Å². The van der Waals surface area contributed by atoms with Gasteiger partial charge in [-0.1, -0.05) is 24.5 Å². The zero-order chi connectivity index (χ0) is 8.36. The second-order valence-corrected chi connectivity index (χ2v) is 1.49. The Morgan fingerprint density at radius 3 is 2.18 bits per heavy atom. The molecule has 0 saturated heterocycles. The molecule has 52 valence electrons. The largest absolute Gasteiger partial charge is 0.0906 e. The summed E-state index contributed by atoms with van der Waals surface area (Å²) in [7, 11) is 0. The Labute approximate surface area is 68.0 Å². The van der Waals surface area contributed by atoms with Crippen molar-refractivity contribution in [2.45, 2.75) is 6.92 Å². The minimum absolute atomic E-state index is 1.49. The molecule has 0 aliphatic heterocycles. The summed E-state index contributed by atoms with van der Waals surface area (Å²) in [5.74, 6) is 15.6.